The number of fused-ring (bicyclic) bond motifs is 1. The molecular weight excluding hydrogens is 280 g/mol. The van der Waals surface area contributed by atoms with Crippen LogP contribution < -0.4 is 20.1 Å². The van der Waals surface area contributed by atoms with E-state index in [1.807, 2.05) is 48.5 Å². The molecule has 2 N–H and O–H groups in total. The maximum atomic E-state index is 11.5. The Balaban J connectivity index is 1.89. The molecule has 0 bridgehead atoms. The van der Waals surface area contributed by atoms with E-state index < -0.39 is 12.0 Å². The lowest BCUT2D eigenvalue weighted by molar-refractivity contribution is -0.124. The molecule has 0 saturated heterocycles. The van der Waals surface area contributed by atoms with E-state index in [1.54, 1.807) is 7.11 Å². The van der Waals surface area contributed by atoms with Crippen LogP contribution in [0, 0.1) is 0 Å². The molecule has 3 rings (SSSR count). The van der Waals surface area contributed by atoms with Crippen LogP contribution in [0.15, 0.2) is 48.5 Å². The largest absolute Gasteiger partial charge is 0.497 e. The Bertz CT molecular complexity index is 687. The van der Waals surface area contributed by atoms with Crippen LogP contribution in [0.5, 0.6) is 11.5 Å². The van der Waals surface area contributed by atoms with Crippen molar-refractivity contribution >= 4 is 11.6 Å². The van der Waals surface area contributed by atoms with Crippen LogP contribution in [0.25, 0.3) is 0 Å². The van der Waals surface area contributed by atoms with Gasteiger partial charge in [-0.15, -0.1) is 0 Å². The van der Waals surface area contributed by atoms with E-state index in [-0.39, 0.29) is 0 Å². The molecule has 0 spiro atoms. The lowest BCUT2D eigenvalue weighted by Gasteiger charge is -2.35. The van der Waals surface area contributed by atoms with Gasteiger partial charge in [-0.05, 0) is 29.8 Å². The van der Waals surface area contributed by atoms with Gasteiger partial charge < -0.3 is 20.1 Å². The van der Waals surface area contributed by atoms with Crippen molar-refractivity contribution < 1.29 is 14.3 Å². The quantitative estimate of drug-likeness (QED) is 0.937. The Morgan fingerprint density at radius 1 is 1.32 bits per heavy atom. The van der Waals surface area contributed by atoms with Gasteiger partial charge in [0, 0.05) is 6.54 Å². The van der Waals surface area contributed by atoms with Gasteiger partial charge >= 0.3 is 0 Å². The van der Waals surface area contributed by atoms with Gasteiger partial charge in [0.1, 0.15) is 11.5 Å². The Morgan fingerprint density at radius 2 is 2.14 bits per heavy atom. The van der Waals surface area contributed by atoms with Gasteiger partial charge in [0.2, 0.25) is 0 Å². The minimum atomic E-state index is -0.638. The highest BCUT2D eigenvalue weighted by Gasteiger charge is 2.29. The van der Waals surface area contributed by atoms with Crippen molar-refractivity contribution in [3.8, 4) is 11.5 Å². The summed E-state index contributed by atoms with van der Waals surface area (Å²) in [6.45, 7) is 1.09. The molecule has 114 valence electrons. The van der Waals surface area contributed by atoms with E-state index >= 15 is 0 Å². The van der Waals surface area contributed by atoms with Gasteiger partial charge in [0.05, 0.1) is 19.3 Å². The fourth-order valence-corrected chi connectivity index (χ4v) is 2.60. The number of para-hydroxylation sites is 2. The van der Waals surface area contributed by atoms with E-state index in [4.69, 9.17) is 15.2 Å². The number of benzene rings is 2. The van der Waals surface area contributed by atoms with Crippen molar-refractivity contribution in [3.63, 3.8) is 0 Å². The molecule has 1 aliphatic rings. The predicted octanol–water partition coefficient (Wildman–Crippen LogP) is 1.95. The number of hydrogen-bond acceptors (Lipinski definition) is 4. The molecule has 2 aromatic carbocycles. The first-order valence-corrected chi connectivity index (χ1v) is 7.10. The number of hydrogen-bond donors (Lipinski definition) is 1. The second-order valence-corrected chi connectivity index (χ2v) is 5.21. The summed E-state index contributed by atoms with van der Waals surface area (Å²) >= 11 is 0. The Hall–Kier alpha value is -2.69. The van der Waals surface area contributed by atoms with Crippen molar-refractivity contribution in [1.29, 1.82) is 0 Å². The molecule has 0 fully saturated rings. The first kappa shape index (κ1) is 14.3. The van der Waals surface area contributed by atoms with Crippen LogP contribution in [0.1, 0.15) is 5.56 Å². The monoisotopic (exact) mass is 298 g/mol. The number of rotatable bonds is 4. The summed E-state index contributed by atoms with van der Waals surface area (Å²) in [6.07, 6.45) is -0.638. The summed E-state index contributed by atoms with van der Waals surface area (Å²) in [5.74, 6) is 1.04. The van der Waals surface area contributed by atoms with Crippen LogP contribution in [-0.4, -0.2) is 25.7 Å². The molecule has 0 radical (unpaired) electrons. The number of nitrogens with zero attached hydrogens (tertiary/aromatic N) is 1. The second kappa shape index (κ2) is 5.97. The molecule has 0 aliphatic carbocycles. The van der Waals surface area contributed by atoms with E-state index in [1.165, 1.54) is 0 Å². The van der Waals surface area contributed by atoms with Crippen molar-refractivity contribution in [2.75, 3.05) is 18.6 Å². The molecule has 1 atom stereocenters. The molecule has 2 aromatic rings. The predicted molar refractivity (Wildman–Crippen MR) is 84.1 cm³/mol. The number of methoxy groups -OCH3 is 1. The SMILES string of the molecule is COc1cccc(CN2CC(C(N)=O)Oc3ccccc32)c1. The molecule has 22 heavy (non-hydrogen) atoms. The fourth-order valence-electron chi connectivity index (χ4n) is 2.60. The molecule has 1 unspecified atom stereocenters. The van der Waals surface area contributed by atoms with Crippen molar-refractivity contribution in [1.82, 2.24) is 0 Å². The van der Waals surface area contributed by atoms with Gasteiger partial charge in [0.15, 0.2) is 6.10 Å². The molecule has 5 heteroatoms. The maximum Gasteiger partial charge on any atom is 0.260 e. The van der Waals surface area contributed by atoms with Gasteiger partial charge in [0.25, 0.3) is 5.91 Å². The molecule has 1 amide bonds. The second-order valence-electron chi connectivity index (χ2n) is 5.21. The van der Waals surface area contributed by atoms with Gasteiger partial charge in [-0.1, -0.05) is 24.3 Å². The van der Waals surface area contributed by atoms with E-state index in [9.17, 15) is 4.79 Å². The number of amides is 1. The van der Waals surface area contributed by atoms with E-state index in [0.717, 1.165) is 17.0 Å². The average molecular weight is 298 g/mol. The normalized spacial score (nSPS) is 16.6. The number of carbonyl (C=O) groups is 1. The zero-order valence-electron chi connectivity index (χ0n) is 12.4. The zero-order chi connectivity index (χ0) is 15.5. The van der Waals surface area contributed by atoms with Crippen molar-refractivity contribution in [2.24, 2.45) is 5.73 Å². The third kappa shape index (κ3) is 2.83. The van der Waals surface area contributed by atoms with Crippen LogP contribution in [0.3, 0.4) is 0 Å². The van der Waals surface area contributed by atoms with Crippen LogP contribution >= 0.6 is 0 Å². The summed E-state index contributed by atoms with van der Waals surface area (Å²) in [5, 5.41) is 0. The molecule has 1 aliphatic heterocycles. The Morgan fingerprint density at radius 3 is 2.91 bits per heavy atom. The number of primary amides is 1. The molecule has 0 aromatic heterocycles. The lowest BCUT2D eigenvalue weighted by Crippen LogP contribution is -2.46. The van der Waals surface area contributed by atoms with Crippen LogP contribution in [-0.2, 0) is 11.3 Å². The maximum absolute atomic E-state index is 11.5. The third-order valence-electron chi connectivity index (χ3n) is 3.69. The number of ether oxygens (including phenoxy) is 2. The molecule has 5 nitrogen and oxygen atoms in total. The number of carbonyl (C=O) groups excluding carboxylic acids is 1. The minimum absolute atomic E-state index is 0.434. The molecular formula is C17H18N2O3. The van der Waals surface area contributed by atoms with E-state index in [2.05, 4.69) is 4.90 Å². The molecule has 1 heterocycles. The van der Waals surface area contributed by atoms with Crippen molar-refractivity contribution in [3.05, 3.63) is 54.1 Å². The number of nitrogens with two attached hydrogens (primary N) is 1. The summed E-state index contributed by atoms with van der Waals surface area (Å²) in [6, 6.07) is 15.5. The van der Waals surface area contributed by atoms with Gasteiger partial charge in [-0.25, -0.2) is 0 Å². The Kier molecular flexibility index (Phi) is 3.87. The average Bonchev–Trinajstić information content (AvgIpc) is 2.55. The standard InChI is InChI=1S/C17H18N2O3/c1-21-13-6-4-5-12(9-13)10-19-11-16(17(18)20)22-15-8-3-2-7-14(15)19/h2-9,16H,10-11H2,1H3,(H2,18,20). The summed E-state index contributed by atoms with van der Waals surface area (Å²) < 4.78 is 10.9. The van der Waals surface area contributed by atoms with Gasteiger partial charge in [-0.2, -0.15) is 0 Å². The van der Waals surface area contributed by atoms with Crippen LogP contribution in [0.2, 0.25) is 0 Å². The first-order valence-electron chi connectivity index (χ1n) is 7.10. The highest BCUT2D eigenvalue weighted by Crippen LogP contribution is 2.34. The zero-order valence-corrected chi connectivity index (χ0v) is 12.4. The number of anilines is 1. The first-order chi connectivity index (χ1) is 10.7. The van der Waals surface area contributed by atoms with E-state index in [0.29, 0.717) is 18.8 Å². The van der Waals surface area contributed by atoms with Crippen LogP contribution in [0.4, 0.5) is 5.69 Å². The summed E-state index contributed by atoms with van der Waals surface area (Å²) in [7, 11) is 1.65. The summed E-state index contributed by atoms with van der Waals surface area (Å²) in [4.78, 5) is 13.6. The lowest BCUT2D eigenvalue weighted by atomic mass is 10.1. The highest BCUT2D eigenvalue weighted by molar-refractivity contribution is 5.81. The third-order valence-corrected chi connectivity index (χ3v) is 3.69. The van der Waals surface area contributed by atoms with Crippen molar-refractivity contribution in [2.45, 2.75) is 12.6 Å². The molecule has 0 saturated carbocycles. The topological polar surface area (TPSA) is 64.8 Å². The highest BCUT2D eigenvalue weighted by atomic mass is 16.5. The van der Waals surface area contributed by atoms with Gasteiger partial charge in [-0.3, -0.25) is 4.79 Å². The summed E-state index contributed by atoms with van der Waals surface area (Å²) in [5.41, 5.74) is 7.47. The smallest absolute Gasteiger partial charge is 0.260 e. The Labute approximate surface area is 129 Å². The fraction of sp³-hybridized carbons (Fsp3) is 0.235. The minimum Gasteiger partial charge on any atom is -0.497 e.